The van der Waals surface area contributed by atoms with Crippen LogP contribution in [-0.4, -0.2) is 25.7 Å². The minimum atomic E-state index is -3.39. The molecule has 5 nitrogen and oxygen atoms in total. The highest BCUT2D eigenvalue weighted by Crippen LogP contribution is 2.49. The maximum Gasteiger partial charge on any atom is 0.456 e. The van der Waals surface area contributed by atoms with Gasteiger partial charge in [-0.2, -0.15) is 0 Å². The van der Waals surface area contributed by atoms with Crippen molar-refractivity contribution in [3.63, 3.8) is 0 Å². The molecular formula is C12H26NO4P. The van der Waals surface area contributed by atoms with E-state index in [9.17, 15) is 4.57 Å². The van der Waals surface area contributed by atoms with Gasteiger partial charge < -0.3 is 4.74 Å². The van der Waals surface area contributed by atoms with Crippen molar-refractivity contribution in [1.29, 1.82) is 0 Å². The molecule has 0 atom stereocenters. The van der Waals surface area contributed by atoms with E-state index in [1.54, 1.807) is 0 Å². The van der Waals surface area contributed by atoms with Crippen LogP contribution in [0.15, 0.2) is 4.76 Å². The third-order valence-corrected chi connectivity index (χ3v) is 3.42. The maximum absolute atomic E-state index is 12.2. The Morgan fingerprint density at radius 1 is 1.11 bits per heavy atom. The molecule has 0 amide bonds. The molecule has 18 heavy (non-hydrogen) atoms. The predicted molar refractivity (Wildman–Crippen MR) is 74.0 cm³/mol. The van der Waals surface area contributed by atoms with Gasteiger partial charge in [0.25, 0.3) is 0 Å². The quantitative estimate of drug-likeness (QED) is 0.246. The van der Waals surface area contributed by atoms with Gasteiger partial charge in [-0.3, -0.25) is 9.05 Å². The molecule has 0 spiro atoms. The Balaban J connectivity index is 4.29. The van der Waals surface area contributed by atoms with E-state index in [1.807, 2.05) is 27.7 Å². The van der Waals surface area contributed by atoms with Crippen LogP contribution in [0.1, 0.15) is 53.4 Å². The topological polar surface area (TPSA) is 57.1 Å². The first-order valence-electron chi connectivity index (χ1n) is 6.62. The third-order valence-electron chi connectivity index (χ3n) is 2.03. The molecular weight excluding hydrogens is 253 g/mol. The fourth-order valence-electron chi connectivity index (χ4n) is 0.959. The normalized spacial score (nSPS) is 12.5. The highest BCUT2D eigenvalue weighted by Gasteiger charge is 2.23. The molecule has 0 N–H and O–H groups in total. The molecule has 0 aromatic rings. The maximum atomic E-state index is 12.2. The standard InChI is InChI=1S/C12H26NO4P/c1-5-7-9-16-18(14,17-10-8-6-2)13-11-15-12(3)4/h11-12H,5-10H2,1-4H3. The monoisotopic (exact) mass is 279 g/mol. The molecule has 108 valence electrons. The molecule has 0 aromatic carbocycles. The van der Waals surface area contributed by atoms with Crippen LogP contribution in [0.4, 0.5) is 0 Å². The van der Waals surface area contributed by atoms with Gasteiger partial charge in [-0.25, -0.2) is 4.57 Å². The zero-order valence-corrected chi connectivity index (χ0v) is 12.8. The lowest BCUT2D eigenvalue weighted by atomic mass is 10.4. The van der Waals surface area contributed by atoms with Crippen LogP contribution < -0.4 is 0 Å². The van der Waals surface area contributed by atoms with Gasteiger partial charge in [-0.15, -0.1) is 4.76 Å². The van der Waals surface area contributed by atoms with Gasteiger partial charge >= 0.3 is 7.75 Å². The summed E-state index contributed by atoms with van der Waals surface area (Å²) >= 11 is 0. The first-order chi connectivity index (χ1) is 8.54. The van der Waals surface area contributed by atoms with Crippen molar-refractivity contribution in [2.45, 2.75) is 59.5 Å². The van der Waals surface area contributed by atoms with E-state index in [4.69, 9.17) is 13.8 Å². The van der Waals surface area contributed by atoms with Crippen molar-refractivity contribution in [1.82, 2.24) is 0 Å². The van der Waals surface area contributed by atoms with Crippen molar-refractivity contribution in [3.05, 3.63) is 0 Å². The van der Waals surface area contributed by atoms with E-state index >= 15 is 0 Å². The van der Waals surface area contributed by atoms with Crippen LogP contribution in [0.2, 0.25) is 0 Å². The van der Waals surface area contributed by atoms with Crippen LogP contribution in [0.25, 0.3) is 0 Å². The van der Waals surface area contributed by atoms with E-state index in [0.717, 1.165) is 25.7 Å². The first kappa shape index (κ1) is 17.6. The smallest absolute Gasteiger partial charge is 0.456 e. The summed E-state index contributed by atoms with van der Waals surface area (Å²) in [6, 6.07) is 0. The van der Waals surface area contributed by atoms with Crippen LogP contribution in [0.3, 0.4) is 0 Å². The zero-order valence-electron chi connectivity index (χ0n) is 11.9. The summed E-state index contributed by atoms with van der Waals surface area (Å²) < 4.78 is 31.7. The molecule has 0 rings (SSSR count). The summed E-state index contributed by atoms with van der Waals surface area (Å²) in [4.78, 5) is 0. The van der Waals surface area contributed by atoms with Crippen molar-refractivity contribution in [2.75, 3.05) is 13.2 Å². The Bertz CT molecular complexity index is 255. The highest BCUT2D eigenvalue weighted by molar-refractivity contribution is 7.52. The fourth-order valence-corrected chi connectivity index (χ4v) is 2.06. The zero-order chi connectivity index (χ0) is 13.9. The Morgan fingerprint density at radius 2 is 1.61 bits per heavy atom. The molecule has 0 heterocycles. The van der Waals surface area contributed by atoms with Crippen molar-refractivity contribution >= 4 is 14.1 Å². The second-order valence-electron chi connectivity index (χ2n) is 4.25. The molecule has 0 fully saturated rings. The summed E-state index contributed by atoms with van der Waals surface area (Å²) in [5.74, 6) is 0. The van der Waals surface area contributed by atoms with Gasteiger partial charge in [0.15, 0.2) is 6.40 Å². The number of hydrogen-bond acceptors (Lipinski definition) is 4. The average Bonchev–Trinajstić information content (AvgIpc) is 2.29. The summed E-state index contributed by atoms with van der Waals surface area (Å²) in [6.07, 6.45) is 4.78. The van der Waals surface area contributed by atoms with E-state index in [-0.39, 0.29) is 6.10 Å². The molecule has 0 saturated carbocycles. The molecule has 6 heteroatoms. The average molecular weight is 279 g/mol. The van der Waals surface area contributed by atoms with Crippen molar-refractivity contribution < 1.29 is 18.3 Å². The molecule has 0 radical (unpaired) electrons. The van der Waals surface area contributed by atoms with Crippen molar-refractivity contribution in [3.8, 4) is 0 Å². The number of ether oxygens (including phenoxy) is 1. The molecule has 0 aliphatic carbocycles. The summed E-state index contributed by atoms with van der Waals surface area (Å²) in [5.41, 5.74) is 0. The Labute approximate surface area is 111 Å². The SMILES string of the molecule is CCCCOP(=O)(N=COC(C)C)OCCCC. The number of unbranched alkanes of at least 4 members (excludes halogenated alkanes) is 2. The Kier molecular flexibility index (Phi) is 10.3. The van der Waals surface area contributed by atoms with E-state index < -0.39 is 7.75 Å². The van der Waals surface area contributed by atoms with E-state index in [2.05, 4.69) is 4.76 Å². The van der Waals surface area contributed by atoms with Crippen LogP contribution >= 0.6 is 7.75 Å². The molecule has 0 saturated heterocycles. The summed E-state index contributed by atoms with van der Waals surface area (Å²) in [5, 5.41) is 0. The van der Waals surface area contributed by atoms with Gasteiger partial charge in [0, 0.05) is 0 Å². The molecule has 0 aliphatic rings. The lowest BCUT2D eigenvalue weighted by Gasteiger charge is -2.13. The number of hydrogen-bond donors (Lipinski definition) is 0. The highest BCUT2D eigenvalue weighted by atomic mass is 31.2. The van der Waals surface area contributed by atoms with Crippen LogP contribution in [-0.2, 0) is 18.3 Å². The van der Waals surface area contributed by atoms with Gasteiger partial charge in [0.1, 0.15) is 0 Å². The van der Waals surface area contributed by atoms with E-state index in [0.29, 0.717) is 13.2 Å². The second-order valence-corrected chi connectivity index (χ2v) is 5.93. The minimum absolute atomic E-state index is 0.00603. The minimum Gasteiger partial charge on any atom is -0.480 e. The fraction of sp³-hybridized carbons (Fsp3) is 0.917. The molecule has 0 aromatic heterocycles. The van der Waals surface area contributed by atoms with Crippen LogP contribution in [0.5, 0.6) is 0 Å². The predicted octanol–water partition coefficient (Wildman–Crippen LogP) is 4.18. The first-order valence-corrected chi connectivity index (χ1v) is 8.12. The van der Waals surface area contributed by atoms with Gasteiger partial charge in [-0.1, -0.05) is 26.7 Å². The summed E-state index contributed by atoms with van der Waals surface area (Å²) in [7, 11) is -3.39. The Morgan fingerprint density at radius 3 is 2.00 bits per heavy atom. The number of nitrogens with zero attached hydrogens (tertiary/aromatic N) is 1. The van der Waals surface area contributed by atoms with Gasteiger partial charge in [0.2, 0.25) is 0 Å². The lowest BCUT2D eigenvalue weighted by molar-refractivity contribution is 0.198. The summed E-state index contributed by atoms with van der Waals surface area (Å²) in [6.45, 7) is 8.59. The molecule has 0 aliphatic heterocycles. The van der Waals surface area contributed by atoms with Gasteiger partial charge in [0.05, 0.1) is 19.3 Å². The second kappa shape index (κ2) is 10.5. The van der Waals surface area contributed by atoms with Gasteiger partial charge in [-0.05, 0) is 26.7 Å². The lowest BCUT2D eigenvalue weighted by Crippen LogP contribution is -2.02. The molecule has 0 unspecified atom stereocenters. The Hall–Kier alpha value is -0.380. The largest absolute Gasteiger partial charge is 0.480 e. The number of rotatable bonds is 11. The third kappa shape index (κ3) is 9.63. The van der Waals surface area contributed by atoms with Crippen molar-refractivity contribution in [2.24, 2.45) is 4.76 Å². The van der Waals surface area contributed by atoms with Crippen LogP contribution in [0, 0.1) is 0 Å². The van der Waals surface area contributed by atoms with E-state index in [1.165, 1.54) is 6.40 Å². The molecule has 0 bridgehead atoms.